The third-order valence-electron chi connectivity index (χ3n) is 2.63. The van der Waals surface area contributed by atoms with Crippen LogP contribution < -0.4 is 11.1 Å². The SMILES string of the molecule is N#Cc1ccnc(NCC2CCCO2)c1N. The molecule has 1 aromatic heterocycles. The van der Waals surface area contributed by atoms with E-state index in [9.17, 15) is 0 Å². The number of anilines is 2. The zero-order chi connectivity index (χ0) is 11.4. The molecule has 1 aliphatic heterocycles. The average Bonchev–Trinajstić information content (AvgIpc) is 2.81. The summed E-state index contributed by atoms with van der Waals surface area (Å²) in [6, 6.07) is 3.63. The first-order valence-electron chi connectivity index (χ1n) is 5.31. The summed E-state index contributed by atoms with van der Waals surface area (Å²) < 4.78 is 5.48. The quantitative estimate of drug-likeness (QED) is 0.794. The van der Waals surface area contributed by atoms with Crippen molar-refractivity contribution in [2.24, 2.45) is 0 Å². The molecular formula is C11H14N4O. The van der Waals surface area contributed by atoms with Gasteiger partial charge in [0.25, 0.3) is 0 Å². The van der Waals surface area contributed by atoms with Gasteiger partial charge >= 0.3 is 0 Å². The number of nitrogens with zero attached hydrogens (tertiary/aromatic N) is 2. The van der Waals surface area contributed by atoms with Crippen LogP contribution in [-0.4, -0.2) is 24.2 Å². The van der Waals surface area contributed by atoms with E-state index in [-0.39, 0.29) is 6.10 Å². The first kappa shape index (κ1) is 10.7. The maximum Gasteiger partial charge on any atom is 0.150 e. The van der Waals surface area contributed by atoms with Crippen LogP contribution in [0.3, 0.4) is 0 Å². The van der Waals surface area contributed by atoms with E-state index in [4.69, 9.17) is 15.7 Å². The lowest BCUT2D eigenvalue weighted by atomic mass is 10.2. The minimum absolute atomic E-state index is 0.229. The number of nitriles is 1. The first-order chi connectivity index (χ1) is 7.81. The molecule has 0 saturated carbocycles. The molecule has 0 bridgehead atoms. The van der Waals surface area contributed by atoms with Crippen molar-refractivity contribution in [3.8, 4) is 6.07 Å². The topological polar surface area (TPSA) is 84.0 Å². The van der Waals surface area contributed by atoms with Crippen LogP contribution in [0.5, 0.6) is 0 Å². The van der Waals surface area contributed by atoms with E-state index < -0.39 is 0 Å². The van der Waals surface area contributed by atoms with Crippen molar-refractivity contribution < 1.29 is 4.74 Å². The van der Waals surface area contributed by atoms with E-state index in [0.717, 1.165) is 19.4 Å². The summed E-state index contributed by atoms with van der Waals surface area (Å²) in [5.41, 5.74) is 6.64. The Kier molecular flexibility index (Phi) is 3.22. The standard InChI is InChI=1S/C11H14N4O/c12-6-8-3-4-14-11(10(8)13)15-7-9-2-1-5-16-9/h3-4,9H,1-2,5,7,13H2,(H,14,15). The van der Waals surface area contributed by atoms with Crippen molar-refractivity contribution >= 4 is 11.5 Å². The number of hydrogen-bond donors (Lipinski definition) is 2. The van der Waals surface area contributed by atoms with Gasteiger partial charge in [0, 0.05) is 19.3 Å². The van der Waals surface area contributed by atoms with Crippen LogP contribution in [0.2, 0.25) is 0 Å². The molecule has 2 rings (SSSR count). The fraction of sp³-hybridized carbons (Fsp3) is 0.455. The van der Waals surface area contributed by atoms with Crippen LogP contribution in [0.1, 0.15) is 18.4 Å². The molecule has 1 unspecified atom stereocenters. The average molecular weight is 218 g/mol. The van der Waals surface area contributed by atoms with Gasteiger partial charge in [0.05, 0.1) is 17.4 Å². The van der Waals surface area contributed by atoms with Crippen molar-refractivity contribution in [1.29, 1.82) is 5.26 Å². The molecule has 0 radical (unpaired) electrons. The second-order valence-corrected chi connectivity index (χ2v) is 3.75. The zero-order valence-corrected chi connectivity index (χ0v) is 8.94. The van der Waals surface area contributed by atoms with Crippen molar-refractivity contribution in [1.82, 2.24) is 4.98 Å². The Morgan fingerprint density at radius 3 is 3.25 bits per heavy atom. The highest BCUT2D eigenvalue weighted by Crippen LogP contribution is 2.20. The summed E-state index contributed by atoms with van der Waals surface area (Å²) in [6.45, 7) is 1.51. The number of hydrogen-bond acceptors (Lipinski definition) is 5. The van der Waals surface area contributed by atoms with E-state index in [0.29, 0.717) is 23.6 Å². The van der Waals surface area contributed by atoms with Crippen LogP contribution in [0, 0.1) is 11.3 Å². The van der Waals surface area contributed by atoms with E-state index in [2.05, 4.69) is 10.3 Å². The van der Waals surface area contributed by atoms with Gasteiger partial charge in [0.2, 0.25) is 0 Å². The second kappa shape index (κ2) is 4.81. The highest BCUT2D eigenvalue weighted by atomic mass is 16.5. The largest absolute Gasteiger partial charge is 0.395 e. The monoisotopic (exact) mass is 218 g/mol. The summed E-state index contributed by atoms with van der Waals surface area (Å²) in [6.07, 6.45) is 3.97. The predicted molar refractivity (Wildman–Crippen MR) is 60.8 cm³/mol. The Hall–Kier alpha value is -1.80. The molecule has 1 aromatic rings. The van der Waals surface area contributed by atoms with Crippen LogP contribution in [-0.2, 0) is 4.74 Å². The number of nitrogen functional groups attached to an aromatic ring is 1. The molecule has 0 aromatic carbocycles. The maximum absolute atomic E-state index is 8.81. The van der Waals surface area contributed by atoms with Crippen molar-refractivity contribution in [3.63, 3.8) is 0 Å². The minimum atomic E-state index is 0.229. The lowest BCUT2D eigenvalue weighted by Gasteiger charge is -2.12. The highest BCUT2D eigenvalue weighted by molar-refractivity contribution is 5.68. The lowest BCUT2D eigenvalue weighted by Crippen LogP contribution is -2.19. The predicted octanol–water partition coefficient (Wildman–Crippen LogP) is 1.13. The van der Waals surface area contributed by atoms with Crippen LogP contribution in [0.4, 0.5) is 11.5 Å². The summed E-state index contributed by atoms with van der Waals surface area (Å²) in [5.74, 6) is 0.564. The molecule has 3 N–H and O–H groups in total. The van der Waals surface area contributed by atoms with Crippen molar-refractivity contribution in [2.75, 3.05) is 24.2 Å². The Labute approximate surface area is 94.2 Å². The van der Waals surface area contributed by atoms with Crippen molar-refractivity contribution in [3.05, 3.63) is 17.8 Å². The van der Waals surface area contributed by atoms with Crippen LogP contribution in [0.25, 0.3) is 0 Å². The molecule has 1 fully saturated rings. The molecule has 0 spiro atoms. The summed E-state index contributed by atoms with van der Waals surface area (Å²) in [7, 11) is 0. The summed E-state index contributed by atoms with van der Waals surface area (Å²) >= 11 is 0. The third kappa shape index (κ3) is 2.23. The fourth-order valence-corrected chi connectivity index (χ4v) is 1.73. The lowest BCUT2D eigenvalue weighted by molar-refractivity contribution is 0.120. The van der Waals surface area contributed by atoms with Gasteiger partial charge in [-0.25, -0.2) is 4.98 Å². The van der Waals surface area contributed by atoms with Gasteiger partial charge in [-0.2, -0.15) is 5.26 Å². The summed E-state index contributed by atoms with van der Waals surface area (Å²) in [4.78, 5) is 4.11. The van der Waals surface area contributed by atoms with Gasteiger partial charge in [-0.15, -0.1) is 0 Å². The van der Waals surface area contributed by atoms with Crippen molar-refractivity contribution in [2.45, 2.75) is 18.9 Å². The molecule has 5 heteroatoms. The van der Waals surface area contributed by atoms with E-state index in [1.165, 1.54) is 0 Å². The first-order valence-corrected chi connectivity index (χ1v) is 5.31. The molecule has 0 amide bonds. The van der Waals surface area contributed by atoms with Gasteiger partial charge in [-0.05, 0) is 18.9 Å². The molecule has 5 nitrogen and oxygen atoms in total. The van der Waals surface area contributed by atoms with E-state index in [1.807, 2.05) is 6.07 Å². The van der Waals surface area contributed by atoms with Crippen LogP contribution >= 0.6 is 0 Å². The van der Waals surface area contributed by atoms with Crippen LogP contribution in [0.15, 0.2) is 12.3 Å². The molecule has 0 aliphatic carbocycles. The molecular weight excluding hydrogens is 204 g/mol. The Morgan fingerprint density at radius 2 is 2.56 bits per heavy atom. The number of nitrogens with two attached hydrogens (primary N) is 1. The molecule has 1 aliphatic rings. The Morgan fingerprint density at radius 1 is 1.69 bits per heavy atom. The number of rotatable bonds is 3. The normalized spacial score (nSPS) is 19.3. The van der Waals surface area contributed by atoms with Gasteiger partial charge < -0.3 is 15.8 Å². The number of nitrogens with one attached hydrogen (secondary N) is 1. The number of pyridine rings is 1. The maximum atomic E-state index is 8.81. The molecule has 1 saturated heterocycles. The Bertz CT molecular complexity index is 407. The highest BCUT2D eigenvalue weighted by Gasteiger charge is 2.15. The third-order valence-corrected chi connectivity index (χ3v) is 2.63. The molecule has 2 heterocycles. The fourth-order valence-electron chi connectivity index (χ4n) is 1.73. The summed E-state index contributed by atoms with van der Waals surface area (Å²) in [5, 5.41) is 11.9. The van der Waals surface area contributed by atoms with E-state index in [1.54, 1.807) is 12.3 Å². The number of ether oxygens (including phenoxy) is 1. The van der Waals surface area contributed by atoms with Gasteiger partial charge in [0.15, 0.2) is 5.82 Å². The Balaban J connectivity index is 2.01. The smallest absolute Gasteiger partial charge is 0.150 e. The van der Waals surface area contributed by atoms with Gasteiger partial charge in [-0.1, -0.05) is 0 Å². The van der Waals surface area contributed by atoms with E-state index >= 15 is 0 Å². The number of aromatic nitrogens is 1. The minimum Gasteiger partial charge on any atom is -0.395 e. The molecule has 1 atom stereocenters. The zero-order valence-electron chi connectivity index (χ0n) is 8.94. The van der Waals surface area contributed by atoms with Gasteiger partial charge in [0.1, 0.15) is 6.07 Å². The molecule has 16 heavy (non-hydrogen) atoms. The second-order valence-electron chi connectivity index (χ2n) is 3.75. The molecule has 84 valence electrons. The van der Waals surface area contributed by atoms with Gasteiger partial charge in [-0.3, -0.25) is 0 Å².